The fraction of sp³-hybridized carbons (Fsp3) is 0.269. The molecule has 2 heterocycles. The van der Waals surface area contributed by atoms with Crippen molar-refractivity contribution in [1.29, 1.82) is 0 Å². The maximum absolute atomic E-state index is 11.3. The molecule has 4 N–H and O–H groups in total. The third kappa shape index (κ3) is 5.08. The Bertz CT molecular complexity index is 1340. The number of ether oxygens (including phenoxy) is 1. The highest BCUT2D eigenvalue weighted by molar-refractivity contribution is 6.05. The standard InChI is InChI=1S/C26H27N5O3/c32-19(16-34-24-7-3-5-17-4-1-2-6-20(17)24)15-27-13-12-25-28-22-9-8-18(14-23(22)29-25)21-10-11-26(33)31-30-21/h1-9,14,19,27,32H,10-13,15-16H2,(H,28,29)(H,31,33). The summed E-state index contributed by atoms with van der Waals surface area (Å²) < 4.78 is 5.86. The van der Waals surface area contributed by atoms with Crippen LogP contribution in [-0.4, -0.2) is 52.5 Å². The van der Waals surface area contributed by atoms with Crippen molar-refractivity contribution in [2.24, 2.45) is 5.10 Å². The van der Waals surface area contributed by atoms with Gasteiger partial charge in [-0.3, -0.25) is 4.79 Å². The first-order valence-electron chi connectivity index (χ1n) is 11.5. The van der Waals surface area contributed by atoms with Crippen LogP contribution in [0, 0.1) is 0 Å². The summed E-state index contributed by atoms with van der Waals surface area (Å²) in [6.45, 7) is 1.33. The van der Waals surface area contributed by atoms with Crippen LogP contribution >= 0.6 is 0 Å². The van der Waals surface area contributed by atoms with Crippen LogP contribution in [0.25, 0.3) is 21.8 Å². The van der Waals surface area contributed by atoms with E-state index in [2.05, 4.69) is 25.8 Å². The molecular formula is C26H27N5O3. The van der Waals surface area contributed by atoms with Gasteiger partial charge in [-0.15, -0.1) is 0 Å². The fourth-order valence-corrected chi connectivity index (χ4v) is 4.08. The summed E-state index contributed by atoms with van der Waals surface area (Å²) in [5, 5.41) is 19.9. The topological polar surface area (TPSA) is 112 Å². The van der Waals surface area contributed by atoms with Crippen molar-refractivity contribution in [3.8, 4) is 5.75 Å². The third-order valence-corrected chi connectivity index (χ3v) is 5.87. The van der Waals surface area contributed by atoms with Gasteiger partial charge >= 0.3 is 0 Å². The number of hydrogen-bond donors (Lipinski definition) is 4. The third-order valence-electron chi connectivity index (χ3n) is 5.87. The fourth-order valence-electron chi connectivity index (χ4n) is 4.08. The van der Waals surface area contributed by atoms with Crippen molar-refractivity contribution in [3.63, 3.8) is 0 Å². The van der Waals surface area contributed by atoms with E-state index in [1.54, 1.807) is 0 Å². The highest BCUT2D eigenvalue weighted by atomic mass is 16.5. The predicted octanol–water partition coefficient (Wildman–Crippen LogP) is 2.90. The Kier molecular flexibility index (Phi) is 6.51. The largest absolute Gasteiger partial charge is 0.490 e. The van der Waals surface area contributed by atoms with Crippen LogP contribution in [0.15, 0.2) is 65.8 Å². The second kappa shape index (κ2) is 10.0. The van der Waals surface area contributed by atoms with Crippen molar-refractivity contribution < 1.29 is 14.6 Å². The van der Waals surface area contributed by atoms with E-state index in [1.807, 2.05) is 60.7 Å². The maximum Gasteiger partial charge on any atom is 0.240 e. The maximum atomic E-state index is 11.3. The summed E-state index contributed by atoms with van der Waals surface area (Å²) >= 11 is 0. The molecule has 174 valence electrons. The van der Waals surface area contributed by atoms with Gasteiger partial charge in [0.05, 0.1) is 16.7 Å². The number of hydrazone groups is 1. The number of aromatic nitrogens is 2. The second-order valence-corrected chi connectivity index (χ2v) is 8.41. The summed E-state index contributed by atoms with van der Waals surface area (Å²) in [5.74, 6) is 1.60. The van der Waals surface area contributed by atoms with Crippen LogP contribution in [0.3, 0.4) is 0 Å². The minimum atomic E-state index is -0.617. The SMILES string of the molecule is O=C1CCC(c2ccc3nc(CCNCC(O)COc4cccc5ccccc45)[nH]c3c2)=NN1. The van der Waals surface area contributed by atoms with Gasteiger partial charge < -0.3 is 20.1 Å². The molecule has 8 heteroatoms. The van der Waals surface area contributed by atoms with Crippen LogP contribution in [0.4, 0.5) is 0 Å². The monoisotopic (exact) mass is 457 g/mol. The molecule has 0 fully saturated rings. The molecule has 0 aliphatic carbocycles. The number of benzene rings is 3. The molecule has 1 atom stereocenters. The van der Waals surface area contributed by atoms with Gasteiger partial charge in [0.15, 0.2) is 0 Å². The molecule has 1 unspecified atom stereocenters. The van der Waals surface area contributed by atoms with E-state index in [0.717, 1.165) is 44.7 Å². The Hall–Kier alpha value is -3.75. The van der Waals surface area contributed by atoms with Crippen LogP contribution in [0.2, 0.25) is 0 Å². The number of aliphatic hydroxyl groups is 1. The molecule has 1 aromatic heterocycles. The molecule has 4 aromatic rings. The molecule has 0 spiro atoms. The lowest BCUT2D eigenvalue weighted by molar-refractivity contribution is -0.121. The molecule has 0 bridgehead atoms. The molecule has 34 heavy (non-hydrogen) atoms. The lowest BCUT2D eigenvalue weighted by Gasteiger charge is -2.14. The Balaban J connectivity index is 1.10. The lowest BCUT2D eigenvalue weighted by atomic mass is 10.0. The number of H-pyrrole nitrogens is 1. The van der Waals surface area contributed by atoms with Crippen LogP contribution in [0.5, 0.6) is 5.75 Å². The number of aliphatic hydroxyl groups excluding tert-OH is 1. The van der Waals surface area contributed by atoms with E-state index in [9.17, 15) is 9.90 Å². The van der Waals surface area contributed by atoms with E-state index < -0.39 is 6.10 Å². The Labute approximate surface area is 197 Å². The summed E-state index contributed by atoms with van der Waals surface area (Å²) in [7, 11) is 0. The second-order valence-electron chi connectivity index (χ2n) is 8.41. The van der Waals surface area contributed by atoms with Crippen molar-refractivity contribution in [3.05, 3.63) is 72.1 Å². The predicted molar refractivity (Wildman–Crippen MR) is 132 cm³/mol. The van der Waals surface area contributed by atoms with Gasteiger partial charge in [0.25, 0.3) is 0 Å². The number of carbonyl (C=O) groups is 1. The molecule has 0 radical (unpaired) electrons. The lowest BCUT2D eigenvalue weighted by Crippen LogP contribution is -2.32. The van der Waals surface area contributed by atoms with Crippen LogP contribution in [0.1, 0.15) is 24.2 Å². The van der Waals surface area contributed by atoms with Crippen molar-refractivity contribution >= 4 is 33.4 Å². The number of rotatable bonds is 9. The minimum absolute atomic E-state index is 0.0496. The van der Waals surface area contributed by atoms with E-state index >= 15 is 0 Å². The van der Waals surface area contributed by atoms with Crippen molar-refractivity contribution in [2.45, 2.75) is 25.4 Å². The number of hydrogen-bond acceptors (Lipinski definition) is 6. The Morgan fingerprint density at radius 2 is 1.97 bits per heavy atom. The minimum Gasteiger partial charge on any atom is -0.490 e. The number of carbonyl (C=O) groups excluding carboxylic acids is 1. The van der Waals surface area contributed by atoms with E-state index in [0.29, 0.717) is 32.4 Å². The summed E-state index contributed by atoms with van der Waals surface area (Å²) in [5.41, 5.74) is 6.23. The van der Waals surface area contributed by atoms with Gasteiger partial charge in [0.1, 0.15) is 24.3 Å². The Morgan fingerprint density at radius 3 is 2.85 bits per heavy atom. The van der Waals surface area contributed by atoms with Crippen molar-refractivity contribution in [2.75, 3.05) is 19.7 Å². The van der Waals surface area contributed by atoms with Gasteiger partial charge in [-0.2, -0.15) is 5.10 Å². The molecule has 1 aliphatic heterocycles. The van der Waals surface area contributed by atoms with Gasteiger partial charge in [0.2, 0.25) is 5.91 Å². The zero-order valence-corrected chi connectivity index (χ0v) is 18.8. The van der Waals surface area contributed by atoms with Crippen LogP contribution in [-0.2, 0) is 11.2 Å². The molecule has 5 rings (SSSR count). The van der Waals surface area contributed by atoms with E-state index in [-0.39, 0.29) is 12.5 Å². The summed E-state index contributed by atoms with van der Waals surface area (Å²) in [4.78, 5) is 19.3. The first-order valence-corrected chi connectivity index (χ1v) is 11.5. The molecule has 1 amide bonds. The van der Waals surface area contributed by atoms with E-state index in [1.165, 1.54) is 0 Å². The number of fused-ring (bicyclic) bond motifs is 2. The molecule has 0 saturated heterocycles. The first kappa shape index (κ1) is 22.1. The average molecular weight is 458 g/mol. The highest BCUT2D eigenvalue weighted by Gasteiger charge is 2.14. The molecule has 1 aliphatic rings. The summed E-state index contributed by atoms with van der Waals surface area (Å²) in [6, 6.07) is 19.9. The van der Waals surface area contributed by atoms with Gasteiger partial charge in [-0.05, 0) is 29.1 Å². The van der Waals surface area contributed by atoms with Gasteiger partial charge in [0, 0.05) is 37.7 Å². The molecule has 3 aromatic carbocycles. The number of nitrogens with zero attached hydrogens (tertiary/aromatic N) is 2. The quantitative estimate of drug-likeness (QED) is 0.289. The molecule has 8 nitrogen and oxygen atoms in total. The zero-order chi connectivity index (χ0) is 23.3. The van der Waals surface area contributed by atoms with Gasteiger partial charge in [-0.25, -0.2) is 10.4 Å². The number of imidazole rings is 1. The highest BCUT2D eigenvalue weighted by Crippen LogP contribution is 2.25. The smallest absolute Gasteiger partial charge is 0.240 e. The number of aromatic amines is 1. The average Bonchev–Trinajstić information content (AvgIpc) is 3.28. The summed E-state index contributed by atoms with van der Waals surface area (Å²) in [6.07, 6.45) is 1.18. The van der Waals surface area contributed by atoms with Crippen LogP contribution < -0.4 is 15.5 Å². The zero-order valence-electron chi connectivity index (χ0n) is 18.8. The van der Waals surface area contributed by atoms with Gasteiger partial charge in [-0.1, -0.05) is 42.5 Å². The van der Waals surface area contributed by atoms with E-state index in [4.69, 9.17) is 4.74 Å². The van der Waals surface area contributed by atoms with Crippen molar-refractivity contribution in [1.82, 2.24) is 20.7 Å². The number of amides is 1. The number of nitrogens with one attached hydrogen (secondary N) is 3. The molecule has 0 saturated carbocycles. The normalized spacial score (nSPS) is 14.7. The Morgan fingerprint density at radius 1 is 1.09 bits per heavy atom. The first-order chi connectivity index (χ1) is 16.7. The molecular weight excluding hydrogens is 430 g/mol.